The number of aliphatic imine (C=N–C) groups is 1. The number of nitrogens with one attached hydrogen (secondary N) is 2. The van der Waals surface area contributed by atoms with Gasteiger partial charge in [-0.05, 0) is 19.5 Å². The van der Waals surface area contributed by atoms with Gasteiger partial charge in [-0.3, -0.25) is 10.5 Å². The number of nitrogens with zero attached hydrogens (tertiary/aromatic N) is 4. The van der Waals surface area contributed by atoms with Gasteiger partial charge in [0.1, 0.15) is 11.7 Å². The molecule has 0 aromatic carbocycles. The van der Waals surface area contributed by atoms with Crippen LogP contribution >= 0.6 is 0 Å². The molecule has 120 valence electrons. The zero-order valence-corrected chi connectivity index (χ0v) is 13.3. The number of aromatic nitrogens is 2. The summed E-state index contributed by atoms with van der Waals surface area (Å²) in [5.41, 5.74) is 6.84. The topological polar surface area (TPSA) is 97.4 Å². The first kappa shape index (κ1) is 16.2. The molecule has 2 heterocycles. The summed E-state index contributed by atoms with van der Waals surface area (Å²) in [6.45, 7) is 8.94. The average Bonchev–Trinajstić information content (AvgIpc) is 2.94. The minimum atomic E-state index is 0.359. The molecule has 0 unspecified atom stereocenters. The summed E-state index contributed by atoms with van der Waals surface area (Å²) < 4.78 is 0. The Morgan fingerprint density at radius 3 is 2.82 bits per heavy atom. The van der Waals surface area contributed by atoms with E-state index in [1.807, 2.05) is 25.1 Å². The van der Waals surface area contributed by atoms with Crippen molar-refractivity contribution in [3.63, 3.8) is 0 Å². The number of H-pyrrole nitrogens is 1. The van der Waals surface area contributed by atoms with Crippen LogP contribution in [0.5, 0.6) is 0 Å². The van der Waals surface area contributed by atoms with Crippen molar-refractivity contribution in [2.24, 2.45) is 10.7 Å². The van der Waals surface area contributed by atoms with Gasteiger partial charge >= 0.3 is 0 Å². The van der Waals surface area contributed by atoms with Gasteiger partial charge in [0.15, 0.2) is 5.82 Å². The van der Waals surface area contributed by atoms with E-state index < -0.39 is 0 Å². The lowest BCUT2D eigenvalue weighted by Gasteiger charge is -2.35. The van der Waals surface area contributed by atoms with E-state index in [9.17, 15) is 0 Å². The first-order valence-corrected chi connectivity index (χ1v) is 7.68. The van der Waals surface area contributed by atoms with Crippen LogP contribution in [0.3, 0.4) is 0 Å². The molecule has 0 aliphatic carbocycles. The molecule has 1 aliphatic rings. The maximum Gasteiger partial charge on any atom is 0.175 e. The summed E-state index contributed by atoms with van der Waals surface area (Å²) in [6.07, 6.45) is 4.20. The third kappa shape index (κ3) is 4.42. The van der Waals surface area contributed by atoms with E-state index in [0.717, 1.165) is 38.4 Å². The Hall–Kier alpha value is -2.15. The molecule has 4 N–H and O–H groups in total. The zero-order valence-electron chi connectivity index (χ0n) is 13.3. The molecule has 22 heavy (non-hydrogen) atoms. The SMILES string of the molecule is C/C=C/c1cc(N=C(N)CC(=N)N2CCN(CC)CC2)n[nH]1. The van der Waals surface area contributed by atoms with Crippen molar-refractivity contribution in [3.8, 4) is 0 Å². The van der Waals surface area contributed by atoms with Gasteiger partial charge in [-0.25, -0.2) is 4.99 Å². The van der Waals surface area contributed by atoms with Gasteiger partial charge in [0.05, 0.1) is 12.1 Å². The van der Waals surface area contributed by atoms with E-state index in [2.05, 4.69) is 31.9 Å². The van der Waals surface area contributed by atoms with Gasteiger partial charge in [-0.1, -0.05) is 13.0 Å². The number of aromatic amines is 1. The summed E-state index contributed by atoms with van der Waals surface area (Å²) in [5, 5.41) is 15.1. The van der Waals surface area contributed by atoms with Crippen LogP contribution in [0.15, 0.2) is 17.1 Å². The standard InChI is InChI=1S/C15H25N7/c1-3-5-12-10-15(20-19-12)18-13(16)11-14(17)22-8-6-21(4-2)7-9-22/h3,5,10,17H,4,6-9,11H2,1-2H3,(H3,16,18,19,20)/b5-3+,17-14?. The predicted octanol–water partition coefficient (Wildman–Crippen LogP) is 1.44. The number of hydrogen-bond donors (Lipinski definition) is 3. The molecule has 1 aromatic rings. The van der Waals surface area contributed by atoms with Crippen LogP contribution in [0.2, 0.25) is 0 Å². The fraction of sp³-hybridized carbons (Fsp3) is 0.533. The second-order valence-corrected chi connectivity index (χ2v) is 5.33. The molecule has 0 bridgehead atoms. The minimum Gasteiger partial charge on any atom is -0.387 e. The average molecular weight is 303 g/mol. The van der Waals surface area contributed by atoms with Crippen molar-refractivity contribution < 1.29 is 0 Å². The van der Waals surface area contributed by atoms with Crippen LogP contribution in [0.1, 0.15) is 26.0 Å². The molecule has 7 nitrogen and oxygen atoms in total. The van der Waals surface area contributed by atoms with Gasteiger partial charge in [0, 0.05) is 32.2 Å². The van der Waals surface area contributed by atoms with Crippen molar-refractivity contribution in [1.29, 1.82) is 5.41 Å². The number of piperazine rings is 1. The lowest BCUT2D eigenvalue weighted by atomic mass is 10.2. The smallest absolute Gasteiger partial charge is 0.175 e. The molecule has 1 aromatic heterocycles. The molecule has 1 fully saturated rings. The highest BCUT2D eigenvalue weighted by molar-refractivity contribution is 6.01. The number of hydrogen-bond acceptors (Lipinski definition) is 4. The van der Waals surface area contributed by atoms with Gasteiger partial charge in [-0.15, -0.1) is 0 Å². The summed E-state index contributed by atoms with van der Waals surface area (Å²) >= 11 is 0. The third-order valence-corrected chi connectivity index (χ3v) is 3.74. The number of allylic oxidation sites excluding steroid dienone is 1. The second-order valence-electron chi connectivity index (χ2n) is 5.33. The van der Waals surface area contributed by atoms with Gasteiger partial charge in [0.25, 0.3) is 0 Å². The van der Waals surface area contributed by atoms with Crippen molar-refractivity contribution >= 4 is 23.6 Å². The third-order valence-electron chi connectivity index (χ3n) is 3.74. The zero-order chi connectivity index (χ0) is 15.9. The van der Waals surface area contributed by atoms with Crippen LogP contribution in [-0.4, -0.2) is 64.4 Å². The Bertz CT molecular complexity index is 550. The second kappa shape index (κ2) is 7.74. The molecule has 0 atom stereocenters. The Morgan fingerprint density at radius 1 is 1.45 bits per heavy atom. The highest BCUT2D eigenvalue weighted by Gasteiger charge is 2.18. The van der Waals surface area contributed by atoms with E-state index in [0.29, 0.717) is 23.9 Å². The summed E-state index contributed by atoms with van der Waals surface area (Å²) in [7, 11) is 0. The molecule has 2 rings (SSSR count). The molecule has 1 saturated heterocycles. The van der Waals surface area contributed by atoms with Crippen molar-refractivity contribution in [1.82, 2.24) is 20.0 Å². The predicted molar refractivity (Wildman–Crippen MR) is 90.6 cm³/mol. The Morgan fingerprint density at radius 2 is 2.18 bits per heavy atom. The van der Waals surface area contributed by atoms with Crippen LogP contribution < -0.4 is 5.73 Å². The molecule has 0 amide bonds. The maximum atomic E-state index is 8.18. The van der Waals surface area contributed by atoms with Crippen molar-refractivity contribution in [2.75, 3.05) is 32.7 Å². The lowest BCUT2D eigenvalue weighted by molar-refractivity contribution is 0.188. The Kier molecular flexibility index (Phi) is 5.71. The monoisotopic (exact) mass is 303 g/mol. The molecule has 0 radical (unpaired) electrons. The van der Waals surface area contributed by atoms with Crippen molar-refractivity contribution in [2.45, 2.75) is 20.3 Å². The van der Waals surface area contributed by atoms with E-state index in [-0.39, 0.29) is 0 Å². The van der Waals surface area contributed by atoms with Crippen LogP contribution in [0, 0.1) is 5.41 Å². The minimum absolute atomic E-state index is 0.359. The van der Waals surface area contributed by atoms with Gasteiger partial charge < -0.3 is 15.5 Å². The summed E-state index contributed by atoms with van der Waals surface area (Å²) in [5.74, 6) is 1.50. The number of rotatable bonds is 5. The lowest BCUT2D eigenvalue weighted by Crippen LogP contribution is -2.48. The fourth-order valence-electron chi connectivity index (χ4n) is 2.45. The van der Waals surface area contributed by atoms with E-state index >= 15 is 0 Å². The largest absolute Gasteiger partial charge is 0.387 e. The van der Waals surface area contributed by atoms with E-state index in [1.54, 1.807) is 0 Å². The Labute approximate surface area is 131 Å². The Balaban J connectivity index is 1.88. The first-order valence-electron chi connectivity index (χ1n) is 7.68. The summed E-state index contributed by atoms with van der Waals surface area (Å²) in [6, 6.07) is 1.83. The molecular weight excluding hydrogens is 278 g/mol. The highest BCUT2D eigenvalue weighted by Crippen LogP contribution is 2.11. The molecule has 7 heteroatoms. The molecule has 1 aliphatic heterocycles. The van der Waals surface area contributed by atoms with Gasteiger partial charge in [0.2, 0.25) is 0 Å². The van der Waals surface area contributed by atoms with Crippen LogP contribution in [-0.2, 0) is 0 Å². The number of nitrogens with two attached hydrogens (primary N) is 1. The maximum absolute atomic E-state index is 8.18. The summed E-state index contributed by atoms with van der Waals surface area (Å²) in [4.78, 5) is 8.72. The molecule has 0 spiro atoms. The van der Waals surface area contributed by atoms with Crippen LogP contribution in [0.4, 0.5) is 5.82 Å². The van der Waals surface area contributed by atoms with E-state index in [4.69, 9.17) is 11.1 Å². The molecular formula is C15H25N7. The molecule has 0 saturated carbocycles. The van der Waals surface area contributed by atoms with Gasteiger partial charge in [-0.2, -0.15) is 5.10 Å². The van der Waals surface area contributed by atoms with Crippen LogP contribution in [0.25, 0.3) is 6.08 Å². The van der Waals surface area contributed by atoms with E-state index in [1.165, 1.54) is 0 Å². The first-order chi connectivity index (χ1) is 10.6. The quantitative estimate of drug-likeness (QED) is 0.566. The number of amidine groups is 2. The fourth-order valence-corrected chi connectivity index (χ4v) is 2.45. The van der Waals surface area contributed by atoms with Crippen molar-refractivity contribution in [3.05, 3.63) is 17.8 Å². The number of likely N-dealkylation sites (N-methyl/N-ethyl adjacent to an activating group) is 1. The highest BCUT2D eigenvalue weighted by atomic mass is 15.3. The normalized spacial score (nSPS) is 17.4.